The number of carbonyl (C=O) groups is 2. The Hall–Kier alpha value is -3.68. The molecule has 0 aliphatic carbocycles. The Morgan fingerprint density at radius 1 is 1.00 bits per heavy atom. The number of anilines is 1. The zero-order chi connectivity index (χ0) is 26.4. The zero-order valence-corrected chi connectivity index (χ0v) is 22.0. The normalized spacial score (nSPS) is 17.7. The summed E-state index contributed by atoms with van der Waals surface area (Å²) in [5.41, 5.74) is 9.89. The van der Waals surface area contributed by atoms with E-state index in [4.69, 9.17) is 10.6 Å². The molecular weight excluding hydrogens is 476 g/mol. The Kier molecular flexibility index (Phi) is 6.20. The highest BCUT2D eigenvalue weighted by Gasteiger charge is 2.44. The lowest BCUT2D eigenvalue weighted by Gasteiger charge is -2.38. The average molecular weight is 511 g/mol. The molecule has 7 heteroatoms. The van der Waals surface area contributed by atoms with E-state index in [0.29, 0.717) is 17.7 Å². The van der Waals surface area contributed by atoms with Crippen LogP contribution in [0.2, 0.25) is 0 Å². The Morgan fingerprint density at radius 3 is 2.42 bits per heavy atom. The Labute approximate surface area is 223 Å². The molecule has 1 saturated heterocycles. The number of hydrogen-bond acceptors (Lipinski definition) is 5. The number of nitrogens with zero attached hydrogens (tertiary/aromatic N) is 2. The standard InChI is InChI=1S/C31H34N4O3/c1-3-34-14-11-31(12-15-34)19-38-28-17-23-10-13-35(27(23)18-26(28)31)30(37)22-6-4-21(5-7-22)25-9-8-24(16-20(25)2)29(36)33-32/h4-9,16-18H,3,10-15,19,32H2,1-2H3,(H,33,36). The second-order valence-electron chi connectivity index (χ2n) is 10.8. The number of fused-ring (bicyclic) bond motifs is 3. The first-order valence-corrected chi connectivity index (χ1v) is 13.5. The molecule has 2 amide bonds. The summed E-state index contributed by atoms with van der Waals surface area (Å²) in [5, 5.41) is 0. The van der Waals surface area contributed by atoms with E-state index in [1.165, 1.54) is 11.1 Å². The van der Waals surface area contributed by atoms with Crippen LogP contribution in [-0.2, 0) is 11.8 Å². The number of amides is 2. The van der Waals surface area contributed by atoms with E-state index >= 15 is 0 Å². The molecule has 0 atom stereocenters. The lowest BCUT2D eigenvalue weighted by atomic mass is 9.74. The molecular formula is C31H34N4O3. The summed E-state index contributed by atoms with van der Waals surface area (Å²) in [5.74, 6) is 5.98. The number of benzene rings is 3. The molecule has 3 aromatic carbocycles. The lowest BCUT2D eigenvalue weighted by molar-refractivity contribution is 0.0952. The van der Waals surface area contributed by atoms with Crippen LogP contribution in [-0.4, -0.2) is 49.5 Å². The van der Waals surface area contributed by atoms with Gasteiger partial charge < -0.3 is 14.5 Å². The number of carbonyl (C=O) groups excluding carboxylic acids is 2. The van der Waals surface area contributed by atoms with Crippen molar-refractivity contribution >= 4 is 17.5 Å². The highest BCUT2D eigenvalue weighted by molar-refractivity contribution is 6.07. The van der Waals surface area contributed by atoms with Gasteiger partial charge in [0.05, 0.1) is 6.61 Å². The molecule has 3 heterocycles. The van der Waals surface area contributed by atoms with E-state index in [0.717, 1.165) is 73.6 Å². The van der Waals surface area contributed by atoms with E-state index in [1.54, 1.807) is 6.07 Å². The monoisotopic (exact) mass is 510 g/mol. The predicted octanol–water partition coefficient (Wildman–Crippen LogP) is 4.21. The highest BCUT2D eigenvalue weighted by Crippen LogP contribution is 2.49. The first-order valence-electron chi connectivity index (χ1n) is 13.5. The van der Waals surface area contributed by atoms with Crippen molar-refractivity contribution < 1.29 is 14.3 Å². The SMILES string of the molecule is CCN1CCC2(CC1)COc1cc3c(cc12)N(C(=O)c1ccc(-c2ccc(C(=O)NN)cc2C)cc1)CC3. The van der Waals surface area contributed by atoms with Gasteiger partial charge in [-0.3, -0.25) is 15.0 Å². The molecule has 3 aliphatic heterocycles. The van der Waals surface area contributed by atoms with Crippen molar-refractivity contribution in [3.8, 4) is 16.9 Å². The quantitative estimate of drug-likeness (QED) is 0.312. The van der Waals surface area contributed by atoms with Crippen molar-refractivity contribution in [3.63, 3.8) is 0 Å². The van der Waals surface area contributed by atoms with E-state index in [2.05, 4.69) is 29.4 Å². The fraction of sp³-hybridized carbons (Fsp3) is 0.355. The maximum Gasteiger partial charge on any atom is 0.265 e. The summed E-state index contributed by atoms with van der Waals surface area (Å²) in [6, 6.07) is 17.7. The molecule has 1 fully saturated rings. The van der Waals surface area contributed by atoms with Gasteiger partial charge in [-0.2, -0.15) is 0 Å². The molecule has 0 saturated carbocycles. The minimum absolute atomic E-state index is 0.0238. The number of rotatable bonds is 4. The van der Waals surface area contributed by atoms with Crippen molar-refractivity contribution in [3.05, 3.63) is 82.4 Å². The number of piperidine rings is 1. The summed E-state index contributed by atoms with van der Waals surface area (Å²) in [4.78, 5) is 29.9. The topological polar surface area (TPSA) is 87.9 Å². The van der Waals surface area contributed by atoms with Gasteiger partial charge in [0.15, 0.2) is 0 Å². The van der Waals surface area contributed by atoms with Crippen LogP contribution in [0.15, 0.2) is 54.6 Å². The van der Waals surface area contributed by atoms with Crippen LogP contribution in [0, 0.1) is 6.92 Å². The summed E-state index contributed by atoms with van der Waals surface area (Å²) in [6.45, 7) is 8.88. The molecule has 38 heavy (non-hydrogen) atoms. The van der Waals surface area contributed by atoms with Crippen molar-refractivity contribution in [1.82, 2.24) is 10.3 Å². The summed E-state index contributed by atoms with van der Waals surface area (Å²) in [7, 11) is 0. The van der Waals surface area contributed by atoms with Gasteiger partial charge >= 0.3 is 0 Å². The highest BCUT2D eigenvalue weighted by atomic mass is 16.5. The number of aryl methyl sites for hydroxylation is 1. The first-order chi connectivity index (χ1) is 18.4. The van der Waals surface area contributed by atoms with Crippen LogP contribution in [0.25, 0.3) is 11.1 Å². The second-order valence-corrected chi connectivity index (χ2v) is 10.8. The van der Waals surface area contributed by atoms with Gasteiger partial charge in [0.1, 0.15) is 5.75 Å². The Morgan fingerprint density at radius 2 is 1.74 bits per heavy atom. The molecule has 0 bridgehead atoms. The third-order valence-corrected chi connectivity index (χ3v) is 8.72. The average Bonchev–Trinajstić information content (AvgIpc) is 3.52. The molecule has 3 aliphatic rings. The Bertz CT molecular complexity index is 1410. The van der Waals surface area contributed by atoms with Crippen molar-refractivity contribution in [2.45, 2.75) is 38.5 Å². The molecule has 6 rings (SSSR count). The van der Waals surface area contributed by atoms with Gasteiger partial charge in [-0.05, 0) is 104 Å². The number of hydrazine groups is 1. The number of nitrogens with two attached hydrogens (primary N) is 1. The van der Waals surface area contributed by atoms with E-state index in [1.807, 2.05) is 48.2 Å². The summed E-state index contributed by atoms with van der Waals surface area (Å²) in [6.07, 6.45) is 3.03. The van der Waals surface area contributed by atoms with Crippen LogP contribution in [0.1, 0.15) is 57.2 Å². The maximum atomic E-state index is 13.7. The van der Waals surface area contributed by atoms with Gasteiger partial charge in [0.25, 0.3) is 11.8 Å². The van der Waals surface area contributed by atoms with Crippen molar-refractivity contribution in [2.24, 2.45) is 5.84 Å². The number of likely N-dealkylation sites (tertiary alicyclic amines) is 1. The maximum absolute atomic E-state index is 13.7. The van der Waals surface area contributed by atoms with Crippen LogP contribution in [0.4, 0.5) is 5.69 Å². The molecule has 3 aromatic rings. The van der Waals surface area contributed by atoms with Gasteiger partial charge in [-0.25, -0.2) is 5.84 Å². The van der Waals surface area contributed by atoms with Crippen LogP contribution in [0.3, 0.4) is 0 Å². The third kappa shape index (κ3) is 4.06. The Balaban J connectivity index is 1.24. The minimum atomic E-state index is -0.318. The zero-order valence-electron chi connectivity index (χ0n) is 22.0. The summed E-state index contributed by atoms with van der Waals surface area (Å²) < 4.78 is 6.21. The van der Waals surface area contributed by atoms with Crippen LogP contribution < -0.4 is 20.9 Å². The molecule has 196 valence electrons. The second kappa shape index (κ2) is 9.57. The van der Waals surface area contributed by atoms with Gasteiger partial charge in [-0.15, -0.1) is 0 Å². The third-order valence-electron chi connectivity index (χ3n) is 8.72. The smallest absolute Gasteiger partial charge is 0.265 e. The molecule has 3 N–H and O–H groups in total. The lowest BCUT2D eigenvalue weighted by Crippen LogP contribution is -2.43. The van der Waals surface area contributed by atoms with Gasteiger partial charge in [-0.1, -0.05) is 25.1 Å². The fourth-order valence-electron chi connectivity index (χ4n) is 6.32. The molecule has 0 radical (unpaired) electrons. The molecule has 0 unspecified atom stereocenters. The number of ether oxygens (including phenoxy) is 1. The number of hydrogen-bond donors (Lipinski definition) is 2. The van der Waals surface area contributed by atoms with E-state index in [-0.39, 0.29) is 17.2 Å². The summed E-state index contributed by atoms with van der Waals surface area (Å²) >= 11 is 0. The largest absolute Gasteiger partial charge is 0.492 e. The van der Waals surface area contributed by atoms with Crippen molar-refractivity contribution in [1.29, 1.82) is 0 Å². The van der Waals surface area contributed by atoms with Crippen LogP contribution >= 0.6 is 0 Å². The van der Waals surface area contributed by atoms with E-state index < -0.39 is 0 Å². The van der Waals surface area contributed by atoms with E-state index in [9.17, 15) is 9.59 Å². The minimum Gasteiger partial charge on any atom is -0.492 e. The number of nitrogen functional groups attached to an aromatic ring is 1. The fourth-order valence-corrected chi connectivity index (χ4v) is 6.32. The molecule has 7 nitrogen and oxygen atoms in total. The van der Waals surface area contributed by atoms with Crippen molar-refractivity contribution in [2.75, 3.05) is 37.7 Å². The number of nitrogens with one attached hydrogen (secondary N) is 1. The van der Waals surface area contributed by atoms with Crippen LogP contribution in [0.5, 0.6) is 5.75 Å². The van der Waals surface area contributed by atoms with Gasteiger partial charge in [0, 0.05) is 34.3 Å². The molecule has 1 spiro atoms. The van der Waals surface area contributed by atoms with Gasteiger partial charge in [0.2, 0.25) is 0 Å². The first kappa shape index (κ1) is 24.6. The predicted molar refractivity (Wildman–Crippen MR) is 149 cm³/mol. The molecule has 0 aromatic heterocycles.